The van der Waals surface area contributed by atoms with Crippen molar-refractivity contribution < 1.29 is 25.2 Å². The van der Waals surface area contributed by atoms with E-state index >= 15 is 0 Å². The molecule has 0 bridgehead atoms. The molecule has 0 spiro atoms. The van der Waals surface area contributed by atoms with Gasteiger partial charge in [0.25, 0.3) is 0 Å². The van der Waals surface area contributed by atoms with Crippen LogP contribution in [-0.4, -0.2) is 12.1 Å². The zero-order valence-corrected chi connectivity index (χ0v) is 27.9. The van der Waals surface area contributed by atoms with Crippen molar-refractivity contribution in [2.24, 2.45) is 9.98 Å². The predicted octanol–water partition coefficient (Wildman–Crippen LogP) is 11.4. The number of aliphatic imine (C=N–C) groups is 2. The van der Waals surface area contributed by atoms with Gasteiger partial charge in [-0.2, -0.15) is 0 Å². The Morgan fingerprint density at radius 3 is 1.31 bits per heavy atom. The predicted molar refractivity (Wildman–Crippen MR) is 191 cm³/mol. The van der Waals surface area contributed by atoms with E-state index in [9.17, 15) is 25.2 Å². The van der Waals surface area contributed by atoms with Crippen molar-refractivity contribution in [3.63, 3.8) is 0 Å². The fourth-order valence-electron chi connectivity index (χ4n) is 5.99. The molecule has 48 heavy (non-hydrogen) atoms. The summed E-state index contributed by atoms with van der Waals surface area (Å²) in [4.78, 5) is 8.99. The monoisotopic (exact) mass is 696 g/mol. The molecule has 0 N–H and O–H groups in total. The molecule has 250 valence electrons. The molecule has 1 fully saturated rings. The molecule has 6 rings (SSSR count). The first-order valence-corrected chi connectivity index (χ1v) is 19.5. The summed E-state index contributed by atoms with van der Waals surface area (Å²) >= 11 is 0. The maximum absolute atomic E-state index is 10.7. The second-order valence-corrected chi connectivity index (χ2v) is 17.0. The van der Waals surface area contributed by atoms with Gasteiger partial charge in [-0.05, 0) is 78.1 Å². The molecule has 0 aromatic heterocycles. The van der Waals surface area contributed by atoms with E-state index in [4.69, 9.17) is 0 Å². The minimum absolute atomic E-state index is 0.421. The fourth-order valence-corrected chi connectivity index (χ4v) is 10.2. The molecule has 1 aliphatic carbocycles. The van der Waals surface area contributed by atoms with Gasteiger partial charge in [-0.15, -0.1) is 0 Å². The fraction of sp³-hybridized carbons (Fsp3) is 0.184. The summed E-state index contributed by atoms with van der Waals surface area (Å²) in [6.07, 6.45) is 6.27. The third-order valence-electron chi connectivity index (χ3n) is 8.12. The third kappa shape index (κ3) is 10.2. The van der Waals surface area contributed by atoms with Crippen molar-refractivity contribution in [3.8, 4) is 11.1 Å². The average molecular weight is 697 g/mol. The van der Waals surface area contributed by atoms with Crippen LogP contribution in [0.4, 0.5) is 25.2 Å². The van der Waals surface area contributed by atoms with E-state index < -0.39 is 15.1 Å². The summed E-state index contributed by atoms with van der Waals surface area (Å²) in [7, 11) is -12.7. The Balaban J connectivity index is 0.000000582. The normalized spacial score (nSPS) is 15.1. The second kappa shape index (κ2) is 14.2. The van der Waals surface area contributed by atoms with Gasteiger partial charge in [0.05, 0.1) is 18.6 Å². The van der Waals surface area contributed by atoms with Crippen molar-refractivity contribution in [2.75, 3.05) is 0 Å². The quantitative estimate of drug-likeness (QED) is 0.0877. The van der Waals surface area contributed by atoms with Gasteiger partial charge < -0.3 is 0 Å². The SMILES string of the molecule is C(=NCc1ccc(-c2ccc([P+](c3ccccc3)(c3ccccc3)c3ccccc3)cc2)cc1)=NC1CCCCC1.F[P-](F)(F)(F)(F)F. The Labute approximate surface area is 277 Å². The van der Waals surface area contributed by atoms with Gasteiger partial charge in [-0.25, -0.2) is 9.98 Å². The first-order chi connectivity index (χ1) is 22.8. The van der Waals surface area contributed by atoms with Gasteiger partial charge in [0.2, 0.25) is 0 Å². The summed E-state index contributed by atoms with van der Waals surface area (Å²) in [6.45, 7) is 0.619. The minimum atomic E-state index is -10.7. The Morgan fingerprint density at radius 2 is 0.896 bits per heavy atom. The van der Waals surface area contributed by atoms with Crippen LogP contribution in [0.5, 0.6) is 0 Å². The van der Waals surface area contributed by atoms with Crippen molar-refractivity contribution in [1.29, 1.82) is 0 Å². The van der Waals surface area contributed by atoms with Crippen molar-refractivity contribution in [3.05, 3.63) is 145 Å². The molecule has 0 heterocycles. The van der Waals surface area contributed by atoms with Crippen LogP contribution in [0.15, 0.2) is 150 Å². The van der Waals surface area contributed by atoms with E-state index in [1.165, 1.54) is 70.0 Å². The molecule has 5 aromatic carbocycles. The Bertz CT molecular complexity index is 1710. The number of nitrogens with zero attached hydrogens (tertiary/aromatic N) is 2. The van der Waals surface area contributed by atoms with Crippen LogP contribution < -0.4 is 21.2 Å². The van der Waals surface area contributed by atoms with Crippen LogP contribution in [0.3, 0.4) is 0 Å². The van der Waals surface area contributed by atoms with Gasteiger partial charge in [-0.1, -0.05) is 110 Å². The van der Waals surface area contributed by atoms with E-state index in [2.05, 4.69) is 156 Å². The first-order valence-electron chi connectivity index (χ1n) is 15.7. The summed E-state index contributed by atoms with van der Waals surface area (Å²) < 4.78 is 59.2. The average Bonchev–Trinajstić information content (AvgIpc) is 3.08. The molecular formula is C38H36F6N2P2. The standard InChI is InChI=1S/C38H36N2P.F6P/c1-5-13-34(14-6-1)40-30-39-29-31-21-23-32(24-22-31)33-25-27-38(28-26-33)41(35-15-7-2-8-16-35,36-17-9-3-10-18-36)37-19-11-4-12-20-37;1-7(2,3,4,5)6/h2-4,7-12,15-28,34H,1,5-6,13-14,29H2;/q+1;-1. The molecule has 0 amide bonds. The van der Waals surface area contributed by atoms with E-state index in [0.717, 1.165) is 0 Å². The van der Waals surface area contributed by atoms with Crippen LogP contribution in [0.25, 0.3) is 11.1 Å². The first kappa shape index (κ1) is 35.2. The van der Waals surface area contributed by atoms with Crippen molar-refractivity contribution in [1.82, 2.24) is 0 Å². The molecule has 1 aliphatic rings. The molecule has 5 aromatic rings. The Morgan fingerprint density at radius 1 is 0.521 bits per heavy atom. The molecule has 0 atom stereocenters. The number of hydrogen-bond donors (Lipinski definition) is 0. The van der Waals surface area contributed by atoms with Crippen molar-refractivity contribution in [2.45, 2.75) is 44.7 Å². The van der Waals surface area contributed by atoms with E-state index in [1.807, 2.05) is 0 Å². The molecule has 1 saturated carbocycles. The van der Waals surface area contributed by atoms with E-state index in [1.54, 1.807) is 0 Å². The number of benzene rings is 5. The molecule has 2 nitrogen and oxygen atoms in total. The Kier molecular flexibility index (Phi) is 10.4. The second-order valence-electron chi connectivity index (χ2n) is 11.7. The van der Waals surface area contributed by atoms with Gasteiger partial charge in [0, 0.05) is 0 Å². The number of rotatable bonds is 8. The van der Waals surface area contributed by atoms with Gasteiger partial charge in [-0.3, -0.25) is 0 Å². The van der Waals surface area contributed by atoms with Gasteiger partial charge in [0.1, 0.15) is 28.5 Å². The van der Waals surface area contributed by atoms with Gasteiger partial charge >= 0.3 is 33.0 Å². The third-order valence-corrected chi connectivity index (χ3v) is 12.4. The maximum atomic E-state index is 9.87. The Hall–Kier alpha value is -4.08. The van der Waals surface area contributed by atoms with Crippen LogP contribution in [0.1, 0.15) is 37.7 Å². The van der Waals surface area contributed by atoms with E-state index in [-0.39, 0.29) is 0 Å². The number of halogens is 6. The van der Waals surface area contributed by atoms with Crippen LogP contribution in [0.2, 0.25) is 0 Å². The molecular weight excluding hydrogens is 660 g/mol. The summed E-state index contributed by atoms with van der Waals surface area (Å²) in [5.74, 6) is 0. The molecule has 0 radical (unpaired) electrons. The van der Waals surface area contributed by atoms with Gasteiger partial charge in [0.15, 0.2) is 0 Å². The summed E-state index contributed by atoms with van der Waals surface area (Å²) in [6, 6.07) is 54.4. The zero-order valence-electron chi connectivity index (χ0n) is 26.2. The topological polar surface area (TPSA) is 24.7 Å². The molecule has 10 heteroatoms. The number of hydrogen-bond acceptors (Lipinski definition) is 2. The zero-order chi connectivity index (χ0) is 34.2. The molecule has 0 saturated heterocycles. The summed E-state index contributed by atoms with van der Waals surface area (Å²) in [5, 5.41) is 5.44. The summed E-state index contributed by atoms with van der Waals surface area (Å²) in [5.41, 5.74) is 3.61. The van der Waals surface area contributed by atoms with Crippen LogP contribution >= 0.6 is 15.1 Å². The van der Waals surface area contributed by atoms with Crippen molar-refractivity contribution >= 4 is 42.3 Å². The van der Waals surface area contributed by atoms with E-state index in [0.29, 0.717) is 12.6 Å². The molecule has 0 unspecified atom stereocenters. The van der Waals surface area contributed by atoms with Crippen LogP contribution in [0, 0.1) is 0 Å². The molecule has 0 aliphatic heterocycles. The van der Waals surface area contributed by atoms with Crippen LogP contribution in [-0.2, 0) is 6.54 Å².